The van der Waals surface area contributed by atoms with Gasteiger partial charge in [0.2, 0.25) is 0 Å². The second kappa shape index (κ2) is 4.34. The topological polar surface area (TPSA) is 59.1 Å². The Morgan fingerprint density at radius 2 is 1.94 bits per heavy atom. The highest BCUT2D eigenvalue weighted by atomic mass is 16.3. The zero-order valence-corrected chi connectivity index (χ0v) is 11.1. The normalized spacial score (nSPS) is 15.6. The van der Waals surface area contributed by atoms with E-state index in [-0.39, 0.29) is 12.0 Å². The number of aromatic nitrogens is 1. The Bertz CT molecular complexity index is 554. The Labute approximate surface area is 108 Å². The molecule has 3 nitrogen and oxygen atoms in total. The van der Waals surface area contributed by atoms with Gasteiger partial charge < -0.3 is 10.8 Å². The highest BCUT2D eigenvalue weighted by Crippen LogP contribution is 2.41. The fraction of sp³-hybridized carbons (Fsp3) is 0.400. The molecule has 0 aliphatic carbocycles. The van der Waals surface area contributed by atoms with Gasteiger partial charge in [-0.05, 0) is 22.4 Å². The van der Waals surface area contributed by atoms with E-state index >= 15 is 0 Å². The van der Waals surface area contributed by atoms with Gasteiger partial charge in [0.15, 0.2) is 0 Å². The fourth-order valence-corrected chi connectivity index (χ4v) is 2.30. The Balaban J connectivity index is 2.74. The van der Waals surface area contributed by atoms with Gasteiger partial charge in [0, 0.05) is 24.3 Å². The van der Waals surface area contributed by atoms with E-state index < -0.39 is 5.60 Å². The van der Waals surface area contributed by atoms with Crippen molar-refractivity contribution in [1.29, 1.82) is 0 Å². The lowest BCUT2D eigenvalue weighted by atomic mass is 9.71. The maximum absolute atomic E-state index is 11.0. The summed E-state index contributed by atoms with van der Waals surface area (Å²) in [5.41, 5.74) is 5.34. The van der Waals surface area contributed by atoms with Crippen LogP contribution in [0.1, 0.15) is 26.3 Å². The van der Waals surface area contributed by atoms with Crippen LogP contribution >= 0.6 is 0 Å². The lowest BCUT2D eigenvalue weighted by Gasteiger charge is -2.40. The van der Waals surface area contributed by atoms with Gasteiger partial charge in [-0.15, -0.1) is 0 Å². The smallest absolute Gasteiger partial charge is 0.107 e. The van der Waals surface area contributed by atoms with E-state index in [2.05, 4.69) is 4.98 Å². The van der Waals surface area contributed by atoms with E-state index in [1.165, 1.54) is 0 Å². The van der Waals surface area contributed by atoms with Crippen molar-refractivity contribution < 1.29 is 5.11 Å². The first-order chi connectivity index (χ1) is 8.40. The van der Waals surface area contributed by atoms with Crippen molar-refractivity contribution in [3.63, 3.8) is 0 Å². The van der Waals surface area contributed by atoms with Crippen molar-refractivity contribution in [3.05, 3.63) is 42.2 Å². The molecule has 0 aliphatic heterocycles. The van der Waals surface area contributed by atoms with Gasteiger partial charge in [0.1, 0.15) is 5.60 Å². The molecular weight excluding hydrogens is 224 g/mol. The van der Waals surface area contributed by atoms with Gasteiger partial charge in [0.05, 0.1) is 0 Å². The molecule has 3 heteroatoms. The van der Waals surface area contributed by atoms with E-state index in [1.54, 1.807) is 12.4 Å². The molecule has 1 heterocycles. The van der Waals surface area contributed by atoms with Crippen LogP contribution in [0.25, 0.3) is 10.8 Å². The van der Waals surface area contributed by atoms with Gasteiger partial charge in [-0.2, -0.15) is 0 Å². The maximum atomic E-state index is 11.0. The average Bonchev–Trinajstić information content (AvgIpc) is 2.35. The molecule has 18 heavy (non-hydrogen) atoms. The van der Waals surface area contributed by atoms with Crippen molar-refractivity contribution in [2.75, 3.05) is 6.54 Å². The van der Waals surface area contributed by atoms with Crippen molar-refractivity contribution in [1.82, 2.24) is 4.98 Å². The third kappa shape index (κ3) is 1.89. The first-order valence-electron chi connectivity index (χ1n) is 6.16. The number of nitrogens with two attached hydrogens (primary N) is 1. The van der Waals surface area contributed by atoms with Gasteiger partial charge >= 0.3 is 0 Å². The SMILES string of the molecule is CC(C)(C)C(O)(CN)c1cccc2cnccc12. The third-order valence-corrected chi connectivity index (χ3v) is 3.66. The van der Waals surface area contributed by atoms with Crippen molar-refractivity contribution >= 4 is 10.8 Å². The molecule has 0 aliphatic rings. The van der Waals surface area contributed by atoms with E-state index in [9.17, 15) is 5.11 Å². The molecule has 2 aromatic rings. The molecule has 1 atom stereocenters. The van der Waals surface area contributed by atoms with Crippen LogP contribution in [0.2, 0.25) is 0 Å². The molecule has 96 valence electrons. The Hall–Kier alpha value is -1.45. The molecule has 1 aromatic carbocycles. The fourth-order valence-electron chi connectivity index (χ4n) is 2.30. The van der Waals surface area contributed by atoms with Crippen molar-refractivity contribution in [2.24, 2.45) is 11.1 Å². The standard InChI is InChI=1S/C15H20N2O/c1-14(2,3)15(18,10-16)13-6-4-5-11-9-17-8-7-12(11)13/h4-9,18H,10,16H2,1-3H3. The first kappa shape index (κ1) is 13.0. The summed E-state index contributed by atoms with van der Waals surface area (Å²) in [6.07, 6.45) is 3.55. The minimum absolute atomic E-state index is 0.192. The Morgan fingerprint density at radius 3 is 2.56 bits per heavy atom. The van der Waals surface area contributed by atoms with Gasteiger partial charge in [-0.1, -0.05) is 39.0 Å². The zero-order valence-electron chi connectivity index (χ0n) is 11.1. The Kier molecular flexibility index (Phi) is 3.13. The molecule has 0 amide bonds. The van der Waals surface area contributed by atoms with Crippen LogP contribution in [-0.4, -0.2) is 16.6 Å². The quantitative estimate of drug-likeness (QED) is 0.853. The van der Waals surface area contributed by atoms with Crippen LogP contribution in [0, 0.1) is 5.41 Å². The van der Waals surface area contributed by atoms with Crippen LogP contribution in [0.15, 0.2) is 36.7 Å². The summed E-state index contributed by atoms with van der Waals surface area (Å²) < 4.78 is 0. The highest BCUT2D eigenvalue weighted by molar-refractivity contribution is 5.85. The highest BCUT2D eigenvalue weighted by Gasteiger charge is 2.41. The summed E-state index contributed by atoms with van der Waals surface area (Å²) in [5.74, 6) is 0. The number of fused-ring (bicyclic) bond motifs is 1. The summed E-state index contributed by atoms with van der Waals surface area (Å²) in [6.45, 7) is 6.19. The average molecular weight is 244 g/mol. The maximum Gasteiger partial charge on any atom is 0.107 e. The molecule has 0 fully saturated rings. The summed E-state index contributed by atoms with van der Waals surface area (Å²) in [4.78, 5) is 4.11. The molecule has 1 unspecified atom stereocenters. The minimum atomic E-state index is -1.05. The van der Waals surface area contributed by atoms with Crippen LogP contribution in [0.5, 0.6) is 0 Å². The summed E-state index contributed by atoms with van der Waals surface area (Å²) >= 11 is 0. The molecule has 0 bridgehead atoms. The van der Waals surface area contributed by atoms with E-state index in [4.69, 9.17) is 5.73 Å². The largest absolute Gasteiger partial charge is 0.383 e. The summed E-state index contributed by atoms with van der Waals surface area (Å²) in [6, 6.07) is 7.80. The number of benzene rings is 1. The minimum Gasteiger partial charge on any atom is -0.383 e. The van der Waals surface area contributed by atoms with Crippen LogP contribution in [-0.2, 0) is 5.60 Å². The molecule has 0 spiro atoms. The van der Waals surface area contributed by atoms with E-state index in [0.29, 0.717) is 0 Å². The molecule has 0 radical (unpaired) electrons. The molecular formula is C15H20N2O. The molecule has 0 saturated carbocycles. The van der Waals surface area contributed by atoms with Gasteiger partial charge in [0.25, 0.3) is 0 Å². The first-order valence-corrected chi connectivity index (χ1v) is 6.16. The number of nitrogens with zero attached hydrogens (tertiary/aromatic N) is 1. The predicted octanol–water partition coefficient (Wildman–Crippen LogP) is 2.43. The van der Waals surface area contributed by atoms with Crippen LogP contribution in [0.3, 0.4) is 0 Å². The van der Waals surface area contributed by atoms with E-state index in [1.807, 2.05) is 45.0 Å². The third-order valence-electron chi connectivity index (χ3n) is 3.66. The number of rotatable bonds is 2. The van der Waals surface area contributed by atoms with E-state index in [0.717, 1.165) is 16.3 Å². The van der Waals surface area contributed by atoms with Crippen LogP contribution < -0.4 is 5.73 Å². The second-order valence-electron chi connectivity index (χ2n) is 5.72. The number of aliphatic hydroxyl groups is 1. The molecule has 2 rings (SSSR count). The number of hydrogen-bond donors (Lipinski definition) is 2. The van der Waals surface area contributed by atoms with Gasteiger partial charge in [-0.3, -0.25) is 4.98 Å². The van der Waals surface area contributed by atoms with Crippen molar-refractivity contribution in [3.8, 4) is 0 Å². The lowest BCUT2D eigenvalue weighted by molar-refractivity contribution is -0.0544. The predicted molar refractivity (Wildman–Crippen MR) is 74.1 cm³/mol. The monoisotopic (exact) mass is 244 g/mol. The van der Waals surface area contributed by atoms with Gasteiger partial charge in [-0.25, -0.2) is 0 Å². The van der Waals surface area contributed by atoms with Crippen molar-refractivity contribution in [2.45, 2.75) is 26.4 Å². The Morgan fingerprint density at radius 1 is 1.22 bits per heavy atom. The number of pyridine rings is 1. The zero-order chi connectivity index (χ0) is 13.4. The van der Waals surface area contributed by atoms with Crippen LogP contribution in [0.4, 0.5) is 0 Å². The molecule has 1 aromatic heterocycles. The summed E-state index contributed by atoms with van der Waals surface area (Å²) in [5, 5.41) is 13.0. The molecule has 0 saturated heterocycles. The second-order valence-corrected chi connectivity index (χ2v) is 5.72. The lowest BCUT2D eigenvalue weighted by Crippen LogP contribution is -2.46. The summed E-state index contributed by atoms with van der Waals surface area (Å²) in [7, 11) is 0. The molecule has 3 N–H and O–H groups in total. The number of hydrogen-bond acceptors (Lipinski definition) is 3.